The van der Waals surface area contributed by atoms with Crippen LogP contribution < -0.4 is 10.1 Å². The molecular weight excluding hydrogens is 254 g/mol. The number of amides is 1. The van der Waals surface area contributed by atoms with Crippen LogP contribution in [0, 0.1) is 6.92 Å². The number of aryl methyl sites for hydroxylation is 1. The third kappa shape index (κ3) is 3.38. The van der Waals surface area contributed by atoms with Crippen LogP contribution in [0.25, 0.3) is 0 Å². The van der Waals surface area contributed by atoms with Crippen molar-refractivity contribution in [1.82, 2.24) is 9.78 Å². The minimum atomic E-state index is -0.198. The second-order valence-electron chi connectivity index (χ2n) is 4.86. The molecule has 1 aromatic carbocycles. The zero-order chi connectivity index (χ0) is 14.5. The Hall–Kier alpha value is -2.30. The Morgan fingerprint density at radius 3 is 2.80 bits per heavy atom. The third-order valence-corrected chi connectivity index (χ3v) is 2.88. The van der Waals surface area contributed by atoms with Crippen molar-refractivity contribution >= 4 is 11.7 Å². The van der Waals surface area contributed by atoms with E-state index in [9.17, 15) is 4.79 Å². The minimum absolute atomic E-state index is 0.0197. The van der Waals surface area contributed by atoms with E-state index in [1.165, 1.54) is 0 Å². The van der Waals surface area contributed by atoms with Crippen LogP contribution in [0.1, 0.15) is 25.5 Å². The zero-order valence-electron chi connectivity index (χ0n) is 12.0. The summed E-state index contributed by atoms with van der Waals surface area (Å²) in [5.41, 5.74) is 1.01. The van der Waals surface area contributed by atoms with Gasteiger partial charge in [0, 0.05) is 12.1 Å². The summed E-state index contributed by atoms with van der Waals surface area (Å²) in [5.74, 6) is 1.20. The minimum Gasteiger partial charge on any atom is -0.483 e. The molecule has 0 bridgehead atoms. The van der Waals surface area contributed by atoms with Crippen LogP contribution in [-0.2, 0) is 4.79 Å². The van der Waals surface area contributed by atoms with Crippen molar-refractivity contribution in [2.24, 2.45) is 0 Å². The maximum absolute atomic E-state index is 11.9. The Bertz CT molecular complexity index is 590. The average molecular weight is 273 g/mol. The summed E-state index contributed by atoms with van der Waals surface area (Å²) in [4.78, 5) is 11.9. The molecule has 5 heteroatoms. The zero-order valence-corrected chi connectivity index (χ0v) is 12.0. The quantitative estimate of drug-likeness (QED) is 0.911. The number of hydrogen-bond acceptors (Lipinski definition) is 3. The Kier molecular flexibility index (Phi) is 4.40. The molecule has 0 radical (unpaired) electrons. The molecule has 1 N–H and O–H groups in total. The highest BCUT2D eigenvalue weighted by molar-refractivity contribution is 5.91. The van der Waals surface area contributed by atoms with Gasteiger partial charge in [0.25, 0.3) is 5.91 Å². The summed E-state index contributed by atoms with van der Waals surface area (Å²) in [6.45, 7) is 5.94. The van der Waals surface area contributed by atoms with Gasteiger partial charge in [0.15, 0.2) is 6.61 Å². The maximum Gasteiger partial charge on any atom is 0.263 e. The molecule has 5 nitrogen and oxygen atoms in total. The molecule has 0 aliphatic carbocycles. The molecule has 1 heterocycles. The number of hydrogen-bond donors (Lipinski definition) is 1. The Morgan fingerprint density at radius 2 is 2.10 bits per heavy atom. The summed E-state index contributed by atoms with van der Waals surface area (Å²) in [7, 11) is 0. The molecular formula is C15H19N3O2. The van der Waals surface area contributed by atoms with E-state index in [1.807, 2.05) is 45.0 Å². The van der Waals surface area contributed by atoms with Gasteiger partial charge in [-0.1, -0.05) is 18.2 Å². The van der Waals surface area contributed by atoms with Gasteiger partial charge in [-0.25, -0.2) is 4.68 Å². The van der Waals surface area contributed by atoms with Crippen molar-refractivity contribution in [2.45, 2.75) is 26.8 Å². The number of aromatic nitrogens is 2. The summed E-state index contributed by atoms with van der Waals surface area (Å²) in [5, 5.41) is 6.96. The lowest BCUT2D eigenvalue weighted by molar-refractivity contribution is -0.118. The molecule has 0 aliphatic heterocycles. The number of para-hydroxylation sites is 1. The number of carbonyl (C=O) groups is 1. The molecule has 0 saturated carbocycles. The standard InChI is InChI=1S/C15H19N3O2/c1-11(2)18-14(8-9-16-18)17-15(19)10-20-13-7-5-4-6-12(13)3/h4-9,11H,10H2,1-3H3,(H,17,19). The number of anilines is 1. The summed E-state index contributed by atoms with van der Waals surface area (Å²) >= 11 is 0. The van der Waals surface area contributed by atoms with E-state index in [1.54, 1.807) is 16.9 Å². The number of nitrogens with zero attached hydrogens (tertiary/aromatic N) is 2. The lowest BCUT2D eigenvalue weighted by atomic mass is 10.2. The molecule has 2 rings (SSSR count). The van der Waals surface area contributed by atoms with E-state index >= 15 is 0 Å². The van der Waals surface area contributed by atoms with Gasteiger partial charge in [-0.2, -0.15) is 5.10 Å². The third-order valence-electron chi connectivity index (χ3n) is 2.88. The molecule has 0 aliphatic rings. The number of carbonyl (C=O) groups excluding carboxylic acids is 1. The van der Waals surface area contributed by atoms with E-state index < -0.39 is 0 Å². The van der Waals surface area contributed by atoms with Gasteiger partial charge >= 0.3 is 0 Å². The van der Waals surface area contributed by atoms with Crippen molar-refractivity contribution in [3.63, 3.8) is 0 Å². The Balaban J connectivity index is 1.93. The molecule has 2 aromatic rings. The van der Waals surface area contributed by atoms with Crippen molar-refractivity contribution in [2.75, 3.05) is 11.9 Å². The van der Waals surface area contributed by atoms with E-state index in [0.29, 0.717) is 5.82 Å². The van der Waals surface area contributed by atoms with Gasteiger partial charge in [0.1, 0.15) is 11.6 Å². The van der Waals surface area contributed by atoms with Crippen molar-refractivity contribution in [3.8, 4) is 5.75 Å². The largest absolute Gasteiger partial charge is 0.483 e. The molecule has 20 heavy (non-hydrogen) atoms. The highest BCUT2D eigenvalue weighted by atomic mass is 16.5. The number of nitrogens with one attached hydrogen (secondary N) is 1. The first-order valence-corrected chi connectivity index (χ1v) is 6.59. The van der Waals surface area contributed by atoms with Gasteiger partial charge < -0.3 is 10.1 Å². The fraction of sp³-hybridized carbons (Fsp3) is 0.333. The van der Waals surface area contributed by atoms with Gasteiger partial charge in [-0.3, -0.25) is 4.79 Å². The average Bonchev–Trinajstić information content (AvgIpc) is 2.86. The molecule has 0 spiro atoms. The van der Waals surface area contributed by atoms with Crippen LogP contribution in [0.2, 0.25) is 0 Å². The van der Waals surface area contributed by atoms with Crippen LogP contribution in [0.5, 0.6) is 5.75 Å². The van der Waals surface area contributed by atoms with Gasteiger partial charge in [-0.05, 0) is 32.4 Å². The maximum atomic E-state index is 11.9. The second kappa shape index (κ2) is 6.23. The number of ether oxygens (including phenoxy) is 1. The van der Waals surface area contributed by atoms with E-state index in [-0.39, 0.29) is 18.6 Å². The fourth-order valence-corrected chi connectivity index (χ4v) is 1.87. The van der Waals surface area contributed by atoms with Gasteiger partial charge in [0.2, 0.25) is 0 Å². The van der Waals surface area contributed by atoms with Crippen LogP contribution in [0.3, 0.4) is 0 Å². The molecule has 1 aromatic heterocycles. The predicted octanol–water partition coefficient (Wildman–Crippen LogP) is 2.79. The topological polar surface area (TPSA) is 56.1 Å². The Labute approximate surface area is 118 Å². The first kappa shape index (κ1) is 14.1. The second-order valence-corrected chi connectivity index (χ2v) is 4.86. The smallest absolute Gasteiger partial charge is 0.263 e. The summed E-state index contributed by atoms with van der Waals surface area (Å²) in [6.07, 6.45) is 1.66. The molecule has 0 unspecified atom stereocenters. The molecule has 1 amide bonds. The first-order chi connectivity index (χ1) is 9.58. The van der Waals surface area contributed by atoms with Crippen LogP contribution in [0.4, 0.5) is 5.82 Å². The SMILES string of the molecule is Cc1ccccc1OCC(=O)Nc1ccnn1C(C)C. The van der Waals surface area contributed by atoms with Crippen LogP contribution in [0.15, 0.2) is 36.5 Å². The van der Waals surface area contributed by atoms with Crippen LogP contribution in [-0.4, -0.2) is 22.3 Å². The monoisotopic (exact) mass is 273 g/mol. The van der Waals surface area contributed by atoms with Crippen molar-refractivity contribution in [3.05, 3.63) is 42.1 Å². The summed E-state index contributed by atoms with van der Waals surface area (Å²) < 4.78 is 7.26. The summed E-state index contributed by atoms with van der Waals surface area (Å²) in [6, 6.07) is 9.57. The molecule has 0 fully saturated rings. The number of benzene rings is 1. The van der Waals surface area contributed by atoms with Crippen molar-refractivity contribution in [1.29, 1.82) is 0 Å². The lowest BCUT2D eigenvalue weighted by Crippen LogP contribution is -2.22. The van der Waals surface area contributed by atoms with E-state index in [2.05, 4.69) is 10.4 Å². The highest BCUT2D eigenvalue weighted by Crippen LogP contribution is 2.16. The van der Waals surface area contributed by atoms with E-state index in [0.717, 1.165) is 11.3 Å². The Morgan fingerprint density at radius 1 is 1.35 bits per heavy atom. The first-order valence-electron chi connectivity index (χ1n) is 6.59. The fourth-order valence-electron chi connectivity index (χ4n) is 1.87. The van der Waals surface area contributed by atoms with Crippen molar-refractivity contribution < 1.29 is 9.53 Å². The van der Waals surface area contributed by atoms with E-state index in [4.69, 9.17) is 4.74 Å². The highest BCUT2D eigenvalue weighted by Gasteiger charge is 2.10. The predicted molar refractivity (Wildman–Crippen MR) is 77.9 cm³/mol. The molecule has 106 valence electrons. The van der Waals surface area contributed by atoms with Crippen LogP contribution >= 0.6 is 0 Å². The van der Waals surface area contributed by atoms with Gasteiger partial charge in [-0.15, -0.1) is 0 Å². The lowest BCUT2D eigenvalue weighted by Gasteiger charge is -2.12. The molecule has 0 saturated heterocycles. The normalized spacial score (nSPS) is 10.6. The van der Waals surface area contributed by atoms with Gasteiger partial charge in [0.05, 0.1) is 6.20 Å². The molecule has 0 atom stereocenters. The number of rotatable bonds is 5.